The van der Waals surface area contributed by atoms with Crippen LogP contribution in [-0.4, -0.2) is 57.8 Å². The van der Waals surface area contributed by atoms with Crippen LogP contribution in [0.4, 0.5) is 0 Å². The first-order valence-electron chi connectivity index (χ1n) is 8.78. The summed E-state index contributed by atoms with van der Waals surface area (Å²) in [4.78, 5) is 16.1. The number of nitrogens with zero attached hydrogens (tertiary/aromatic N) is 3. The van der Waals surface area contributed by atoms with E-state index < -0.39 is 5.97 Å². The molecule has 2 aromatic rings. The number of hydrogen-bond donors (Lipinski definition) is 2. The third-order valence-electron chi connectivity index (χ3n) is 5.80. The van der Waals surface area contributed by atoms with Gasteiger partial charge in [-0.1, -0.05) is 24.3 Å². The van der Waals surface area contributed by atoms with Crippen molar-refractivity contribution in [1.29, 1.82) is 0 Å². The number of hydrogen-bond acceptors (Lipinski definition) is 4. The van der Waals surface area contributed by atoms with Gasteiger partial charge in [-0.3, -0.25) is 14.9 Å². The minimum atomic E-state index is -0.940. The Morgan fingerprint density at radius 1 is 1.31 bits per heavy atom. The average molecular weight is 377 g/mol. The predicted molar refractivity (Wildman–Crippen MR) is 102 cm³/mol. The number of H-pyrrole nitrogens is 1. The Morgan fingerprint density at radius 2 is 2.08 bits per heavy atom. The van der Waals surface area contributed by atoms with E-state index in [9.17, 15) is 9.90 Å². The molecule has 0 saturated carbocycles. The lowest BCUT2D eigenvalue weighted by molar-refractivity contribution is 0.0688. The van der Waals surface area contributed by atoms with Crippen molar-refractivity contribution in [1.82, 2.24) is 20.0 Å². The van der Waals surface area contributed by atoms with Crippen molar-refractivity contribution in [2.45, 2.75) is 19.5 Å². The molecule has 1 aromatic heterocycles. The largest absolute Gasteiger partial charge is 0.477 e. The van der Waals surface area contributed by atoms with Gasteiger partial charge in [-0.2, -0.15) is 5.10 Å². The number of benzene rings is 1. The van der Waals surface area contributed by atoms with Crippen LogP contribution in [0.15, 0.2) is 30.5 Å². The van der Waals surface area contributed by atoms with Gasteiger partial charge in [0.15, 0.2) is 0 Å². The number of carbonyl (C=O) groups is 1. The Kier molecular flexibility index (Phi) is 5.37. The van der Waals surface area contributed by atoms with E-state index in [4.69, 9.17) is 0 Å². The van der Waals surface area contributed by atoms with Gasteiger partial charge in [-0.25, -0.2) is 4.79 Å². The highest BCUT2D eigenvalue weighted by molar-refractivity contribution is 5.86. The molecule has 2 aliphatic heterocycles. The fraction of sp³-hybridized carbons (Fsp3) is 0.474. The number of aromatic amines is 1. The van der Waals surface area contributed by atoms with Crippen molar-refractivity contribution >= 4 is 18.4 Å². The van der Waals surface area contributed by atoms with E-state index in [1.807, 2.05) is 0 Å². The summed E-state index contributed by atoms with van der Waals surface area (Å²) in [5, 5.41) is 15.7. The second kappa shape index (κ2) is 7.39. The van der Waals surface area contributed by atoms with Crippen LogP contribution >= 0.6 is 12.4 Å². The summed E-state index contributed by atoms with van der Waals surface area (Å²) < 4.78 is 0. The Morgan fingerprint density at radius 3 is 2.81 bits per heavy atom. The highest BCUT2D eigenvalue weighted by atomic mass is 35.5. The number of halogens is 1. The lowest BCUT2D eigenvalue weighted by Gasteiger charge is -2.28. The van der Waals surface area contributed by atoms with E-state index in [1.165, 1.54) is 11.1 Å². The van der Waals surface area contributed by atoms with Crippen LogP contribution in [0.25, 0.3) is 0 Å². The molecule has 0 bridgehead atoms. The lowest BCUT2D eigenvalue weighted by atomic mass is 9.88. The summed E-state index contributed by atoms with van der Waals surface area (Å²) >= 11 is 0. The van der Waals surface area contributed by atoms with Gasteiger partial charge < -0.3 is 5.11 Å². The third-order valence-corrected chi connectivity index (χ3v) is 5.80. The van der Waals surface area contributed by atoms with Gasteiger partial charge in [0.05, 0.1) is 6.20 Å². The number of nitrogens with one attached hydrogen (secondary N) is 1. The van der Waals surface area contributed by atoms with Gasteiger partial charge in [-0.05, 0) is 36.9 Å². The number of likely N-dealkylation sites (tertiary alicyclic amines) is 2. The van der Waals surface area contributed by atoms with Crippen LogP contribution in [0.2, 0.25) is 0 Å². The molecule has 140 valence electrons. The SMILES string of the molecule is Cc1ccccc1[C@H]1[C@@H]2CN(Cc3cn[nH]c3C(=O)O)C[C@@H]2CN1C.Cl. The third kappa shape index (κ3) is 3.24. The molecule has 7 heteroatoms. The number of aryl methyl sites for hydroxylation is 1. The maximum absolute atomic E-state index is 11.3. The maximum atomic E-state index is 11.3. The molecule has 1 aromatic carbocycles. The molecule has 2 aliphatic rings. The number of carboxylic acids is 1. The van der Waals surface area contributed by atoms with E-state index in [2.05, 4.69) is 58.2 Å². The quantitative estimate of drug-likeness (QED) is 0.858. The molecule has 26 heavy (non-hydrogen) atoms. The lowest BCUT2D eigenvalue weighted by Crippen LogP contribution is -2.29. The normalized spacial score (nSPS) is 25.8. The molecular weight excluding hydrogens is 352 g/mol. The molecule has 3 heterocycles. The van der Waals surface area contributed by atoms with E-state index >= 15 is 0 Å². The van der Waals surface area contributed by atoms with E-state index in [-0.39, 0.29) is 18.1 Å². The van der Waals surface area contributed by atoms with Crippen molar-refractivity contribution in [2.75, 3.05) is 26.7 Å². The van der Waals surface area contributed by atoms with Crippen molar-refractivity contribution < 1.29 is 9.90 Å². The van der Waals surface area contributed by atoms with Crippen LogP contribution in [0, 0.1) is 18.8 Å². The number of rotatable bonds is 4. The number of carboxylic acid groups (broad SMARTS) is 1. The van der Waals surface area contributed by atoms with Gasteiger partial charge in [0.2, 0.25) is 0 Å². The van der Waals surface area contributed by atoms with Gasteiger partial charge in [0.1, 0.15) is 5.69 Å². The maximum Gasteiger partial charge on any atom is 0.354 e. The first-order valence-corrected chi connectivity index (χ1v) is 8.78. The molecule has 0 radical (unpaired) electrons. The van der Waals surface area contributed by atoms with Crippen LogP contribution in [0.3, 0.4) is 0 Å². The molecule has 0 amide bonds. The topological polar surface area (TPSA) is 72.5 Å². The molecule has 6 nitrogen and oxygen atoms in total. The first-order chi connectivity index (χ1) is 12.0. The second-order valence-electron chi connectivity index (χ2n) is 7.43. The standard InChI is InChI=1S/C19H24N4O2.ClH/c1-12-5-3-4-6-15(12)18-16-11-23(10-14(16)8-22(18)2)9-13-7-20-21-17(13)19(24)25;/h3-7,14,16,18H,8-11H2,1-2H3,(H,20,21)(H,24,25);1H/t14-,16+,18-;/m0./s1. The minimum Gasteiger partial charge on any atom is -0.477 e. The van der Waals surface area contributed by atoms with Crippen molar-refractivity contribution in [3.05, 3.63) is 52.8 Å². The Bertz CT molecular complexity index is 793. The molecule has 0 unspecified atom stereocenters. The molecule has 4 rings (SSSR count). The molecule has 2 fully saturated rings. The second-order valence-corrected chi connectivity index (χ2v) is 7.43. The first kappa shape index (κ1) is 18.9. The van der Waals surface area contributed by atoms with Gasteiger partial charge in [0, 0.05) is 37.8 Å². The molecule has 2 saturated heterocycles. The highest BCUT2D eigenvalue weighted by Gasteiger charge is 2.46. The zero-order valence-electron chi connectivity index (χ0n) is 15.1. The summed E-state index contributed by atoms with van der Waals surface area (Å²) in [5.41, 5.74) is 3.76. The molecular formula is C19H25ClN4O2. The van der Waals surface area contributed by atoms with Crippen molar-refractivity contribution in [3.8, 4) is 0 Å². The molecule has 2 N–H and O–H groups in total. The van der Waals surface area contributed by atoms with E-state index in [0.29, 0.717) is 24.4 Å². The summed E-state index contributed by atoms with van der Waals surface area (Å²) in [7, 11) is 2.22. The summed E-state index contributed by atoms with van der Waals surface area (Å²) in [6, 6.07) is 9.10. The van der Waals surface area contributed by atoms with Crippen LogP contribution in [-0.2, 0) is 6.54 Å². The molecule has 3 atom stereocenters. The van der Waals surface area contributed by atoms with Gasteiger partial charge in [-0.15, -0.1) is 12.4 Å². The zero-order chi connectivity index (χ0) is 17.6. The molecule has 0 spiro atoms. The highest BCUT2D eigenvalue weighted by Crippen LogP contribution is 2.45. The number of aromatic nitrogens is 2. The molecule has 0 aliphatic carbocycles. The summed E-state index contributed by atoms with van der Waals surface area (Å²) in [6.45, 7) is 5.94. The summed E-state index contributed by atoms with van der Waals surface area (Å²) in [5.74, 6) is 0.283. The van der Waals surface area contributed by atoms with Crippen molar-refractivity contribution in [2.24, 2.45) is 11.8 Å². The Labute approximate surface area is 159 Å². The number of fused-ring (bicyclic) bond motifs is 1. The minimum absolute atomic E-state index is 0. The van der Waals surface area contributed by atoms with Gasteiger partial charge in [0.25, 0.3) is 0 Å². The predicted octanol–water partition coefficient (Wildman–Crippen LogP) is 2.57. The average Bonchev–Trinajstić information content (AvgIpc) is 3.23. The fourth-order valence-electron chi connectivity index (χ4n) is 4.72. The number of aromatic carboxylic acids is 1. The van der Waals surface area contributed by atoms with Gasteiger partial charge >= 0.3 is 5.97 Å². The Balaban J connectivity index is 0.00000196. The monoisotopic (exact) mass is 376 g/mol. The van der Waals surface area contributed by atoms with Crippen LogP contribution in [0.1, 0.15) is 33.2 Å². The van der Waals surface area contributed by atoms with Crippen molar-refractivity contribution in [3.63, 3.8) is 0 Å². The van der Waals surface area contributed by atoms with E-state index in [1.54, 1.807) is 6.20 Å². The van der Waals surface area contributed by atoms with E-state index in [0.717, 1.165) is 25.2 Å². The Hall–Kier alpha value is -1.89. The summed E-state index contributed by atoms with van der Waals surface area (Å²) in [6.07, 6.45) is 1.64. The fourth-order valence-corrected chi connectivity index (χ4v) is 4.72. The van der Waals surface area contributed by atoms with Crippen LogP contribution in [0.5, 0.6) is 0 Å². The van der Waals surface area contributed by atoms with Crippen LogP contribution < -0.4 is 0 Å². The smallest absolute Gasteiger partial charge is 0.354 e. The zero-order valence-corrected chi connectivity index (χ0v) is 15.9.